The van der Waals surface area contributed by atoms with Crippen LogP contribution in [0.15, 0.2) is 33.7 Å². The van der Waals surface area contributed by atoms with Gasteiger partial charge in [-0.3, -0.25) is 23.7 Å². The summed E-state index contributed by atoms with van der Waals surface area (Å²) in [5, 5.41) is 7.89. The normalized spacial score (nSPS) is 11.4. The Labute approximate surface area is 156 Å². The van der Waals surface area contributed by atoms with Crippen molar-refractivity contribution in [2.45, 2.75) is 39.8 Å². The number of ketones is 3. The van der Waals surface area contributed by atoms with Crippen LogP contribution in [0.4, 0.5) is 0 Å². The monoisotopic (exact) mass is 460 g/mol. The first-order valence-electron chi connectivity index (χ1n) is 7.06. The summed E-state index contributed by atoms with van der Waals surface area (Å²) in [6.45, 7) is 4.82. The van der Waals surface area contributed by atoms with E-state index < -0.39 is 6.04 Å². The van der Waals surface area contributed by atoms with E-state index in [0.717, 1.165) is 8.95 Å². The van der Waals surface area contributed by atoms with Crippen molar-refractivity contribution < 1.29 is 14.4 Å². The average Bonchev–Trinajstić information content (AvgIpc) is 3.04. The highest BCUT2D eigenvalue weighted by molar-refractivity contribution is 9.10. The summed E-state index contributed by atoms with van der Waals surface area (Å²) >= 11 is 6.46. The van der Waals surface area contributed by atoms with Crippen LogP contribution in [0.3, 0.4) is 0 Å². The molecule has 9 heteroatoms. The Kier molecular flexibility index (Phi) is 8.20. The number of hydrogen-bond acceptors (Lipinski definition) is 5. The van der Waals surface area contributed by atoms with Crippen LogP contribution < -0.4 is 0 Å². The second kappa shape index (κ2) is 9.63. The van der Waals surface area contributed by atoms with Gasteiger partial charge >= 0.3 is 0 Å². The van der Waals surface area contributed by atoms with Crippen molar-refractivity contribution in [1.29, 1.82) is 0 Å². The third-order valence-electron chi connectivity index (χ3n) is 2.83. The first-order chi connectivity index (χ1) is 11.2. The first kappa shape index (κ1) is 20.4. The highest BCUT2D eigenvalue weighted by Crippen LogP contribution is 2.16. The van der Waals surface area contributed by atoms with Crippen LogP contribution in [0.5, 0.6) is 0 Å². The molecule has 2 aromatic heterocycles. The molecule has 7 nitrogen and oxygen atoms in total. The second-order valence-electron chi connectivity index (χ2n) is 5.23. The van der Waals surface area contributed by atoms with E-state index in [0.29, 0.717) is 6.54 Å². The zero-order valence-corrected chi connectivity index (χ0v) is 16.7. The Morgan fingerprint density at radius 3 is 1.96 bits per heavy atom. The van der Waals surface area contributed by atoms with Gasteiger partial charge in [-0.25, -0.2) is 0 Å². The van der Waals surface area contributed by atoms with Crippen LogP contribution in [0.1, 0.15) is 33.2 Å². The molecule has 0 radical (unpaired) electrons. The Balaban J connectivity index is 0.000000254. The number of hydrogen-bond donors (Lipinski definition) is 0. The number of rotatable bonds is 6. The van der Waals surface area contributed by atoms with Crippen molar-refractivity contribution in [3.05, 3.63) is 33.7 Å². The Morgan fingerprint density at radius 1 is 1.00 bits per heavy atom. The highest BCUT2D eigenvalue weighted by atomic mass is 79.9. The van der Waals surface area contributed by atoms with Gasteiger partial charge in [0.15, 0.2) is 11.6 Å². The molecule has 2 rings (SSSR count). The molecular weight excluding hydrogens is 444 g/mol. The molecule has 0 aromatic carbocycles. The van der Waals surface area contributed by atoms with Crippen molar-refractivity contribution >= 4 is 49.2 Å². The van der Waals surface area contributed by atoms with E-state index >= 15 is 0 Å². The molecule has 0 amide bonds. The quantitative estimate of drug-likeness (QED) is 0.659. The van der Waals surface area contributed by atoms with Crippen LogP contribution in [0.25, 0.3) is 0 Å². The molecule has 0 aliphatic rings. The fourth-order valence-corrected chi connectivity index (χ4v) is 2.46. The molecule has 0 saturated heterocycles. The van der Waals surface area contributed by atoms with Gasteiger partial charge in [-0.1, -0.05) is 0 Å². The maximum atomic E-state index is 11.3. The van der Waals surface area contributed by atoms with Gasteiger partial charge in [0, 0.05) is 18.8 Å². The molecular formula is C15H18Br2N4O3. The molecule has 0 N–H and O–H groups in total. The van der Waals surface area contributed by atoms with E-state index in [1.54, 1.807) is 29.5 Å². The number of aromatic nitrogens is 4. The fourth-order valence-electron chi connectivity index (χ4n) is 1.83. The number of carbonyl (C=O) groups is 3. The summed E-state index contributed by atoms with van der Waals surface area (Å²) in [7, 11) is 0. The lowest BCUT2D eigenvalue weighted by Gasteiger charge is -2.11. The Bertz CT molecular complexity index is 724. The Hall–Kier alpha value is -1.61. The van der Waals surface area contributed by atoms with Crippen LogP contribution in [-0.2, 0) is 20.9 Å². The minimum atomic E-state index is -0.473. The maximum Gasteiger partial charge on any atom is 0.154 e. The average molecular weight is 462 g/mol. The summed E-state index contributed by atoms with van der Waals surface area (Å²) in [5.74, 6) is 0.0308. The SMILES string of the molecule is CC(=O)CC(C(C)=O)n1cc(Br)cn1.CC(=O)Cn1cc(Br)cn1. The smallest absolute Gasteiger partial charge is 0.154 e. The summed E-state index contributed by atoms with van der Waals surface area (Å²) in [6.07, 6.45) is 6.90. The predicted molar refractivity (Wildman–Crippen MR) is 95.6 cm³/mol. The maximum absolute atomic E-state index is 11.3. The van der Waals surface area contributed by atoms with Crippen molar-refractivity contribution in [3.8, 4) is 0 Å². The number of carbonyl (C=O) groups excluding carboxylic acids is 3. The van der Waals surface area contributed by atoms with Crippen LogP contribution in [0, 0.1) is 0 Å². The van der Waals surface area contributed by atoms with Crippen molar-refractivity contribution in [2.24, 2.45) is 0 Å². The molecule has 0 spiro atoms. The van der Waals surface area contributed by atoms with E-state index in [9.17, 15) is 14.4 Å². The molecule has 2 heterocycles. The lowest BCUT2D eigenvalue weighted by molar-refractivity contribution is -0.125. The van der Waals surface area contributed by atoms with E-state index in [1.165, 1.54) is 25.5 Å². The predicted octanol–water partition coefficient (Wildman–Crippen LogP) is 2.99. The molecule has 0 saturated carbocycles. The lowest BCUT2D eigenvalue weighted by atomic mass is 10.1. The minimum Gasteiger partial charge on any atom is -0.300 e. The molecule has 2 aromatic rings. The molecule has 1 unspecified atom stereocenters. The third kappa shape index (κ3) is 7.31. The summed E-state index contributed by atoms with van der Waals surface area (Å²) < 4.78 is 4.79. The van der Waals surface area contributed by atoms with Crippen molar-refractivity contribution in [3.63, 3.8) is 0 Å². The van der Waals surface area contributed by atoms with Crippen molar-refractivity contribution in [2.75, 3.05) is 0 Å². The largest absolute Gasteiger partial charge is 0.300 e. The topological polar surface area (TPSA) is 86.9 Å². The lowest BCUT2D eigenvalue weighted by Crippen LogP contribution is -2.20. The van der Waals surface area contributed by atoms with Crippen LogP contribution in [-0.4, -0.2) is 36.9 Å². The zero-order chi connectivity index (χ0) is 18.3. The highest BCUT2D eigenvalue weighted by Gasteiger charge is 2.18. The minimum absolute atomic E-state index is 0.0168. The van der Waals surface area contributed by atoms with Gasteiger partial charge < -0.3 is 0 Å². The Morgan fingerprint density at radius 2 is 1.58 bits per heavy atom. The van der Waals surface area contributed by atoms with Crippen LogP contribution >= 0.6 is 31.9 Å². The molecule has 24 heavy (non-hydrogen) atoms. The van der Waals surface area contributed by atoms with Gasteiger partial charge in [0.1, 0.15) is 11.8 Å². The second-order valence-corrected chi connectivity index (χ2v) is 7.06. The summed E-state index contributed by atoms with van der Waals surface area (Å²) in [4.78, 5) is 32.7. The number of halogens is 2. The van der Waals surface area contributed by atoms with E-state index in [-0.39, 0.29) is 23.8 Å². The van der Waals surface area contributed by atoms with Gasteiger partial charge in [0.2, 0.25) is 0 Å². The number of nitrogens with zero attached hydrogens (tertiary/aromatic N) is 4. The standard InChI is InChI=1S/C9H11BrN2O2.C6H7BrN2O/c1-6(13)3-9(7(2)14)12-5-8(10)4-11-12;1-5(10)3-9-4-6(7)2-8-9/h4-5,9H,3H2,1-2H3;2,4H,3H2,1H3. The van der Waals surface area contributed by atoms with E-state index in [1.807, 2.05) is 0 Å². The molecule has 0 aliphatic heterocycles. The molecule has 1 atom stereocenters. The van der Waals surface area contributed by atoms with Gasteiger partial charge in [-0.2, -0.15) is 10.2 Å². The molecule has 0 aliphatic carbocycles. The van der Waals surface area contributed by atoms with Gasteiger partial charge in [0.25, 0.3) is 0 Å². The summed E-state index contributed by atoms with van der Waals surface area (Å²) in [5.41, 5.74) is 0. The number of Topliss-reactive ketones (excluding diaryl/α,β-unsaturated/α-hetero) is 3. The molecule has 130 valence electrons. The van der Waals surface area contributed by atoms with Crippen LogP contribution in [0.2, 0.25) is 0 Å². The summed E-state index contributed by atoms with van der Waals surface area (Å²) in [6, 6.07) is -0.473. The first-order valence-corrected chi connectivity index (χ1v) is 8.64. The third-order valence-corrected chi connectivity index (χ3v) is 3.64. The van der Waals surface area contributed by atoms with E-state index in [4.69, 9.17) is 0 Å². The van der Waals surface area contributed by atoms with Gasteiger partial charge in [-0.15, -0.1) is 0 Å². The zero-order valence-electron chi connectivity index (χ0n) is 13.6. The van der Waals surface area contributed by atoms with Gasteiger partial charge in [0.05, 0.1) is 27.9 Å². The van der Waals surface area contributed by atoms with Gasteiger partial charge in [-0.05, 0) is 52.6 Å². The molecule has 0 fully saturated rings. The fraction of sp³-hybridized carbons (Fsp3) is 0.400. The van der Waals surface area contributed by atoms with E-state index in [2.05, 4.69) is 42.1 Å². The van der Waals surface area contributed by atoms with Crippen molar-refractivity contribution in [1.82, 2.24) is 19.6 Å². The molecule has 0 bridgehead atoms.